The number of nitrogens with zero attached hydrogens (tertiary/aromatic N) is 3. The Kier molecular flexibility index (Phi) is 6.55. The average Bonchev–Trinajstić information content (AvgIpc) is 2.69. The smallest absolute Gasteiger partial charge is 0.387 e. The predicted octanol–water partition coefficient (Wildman–Crippen LogP) is 3.82. The van der Waals surface area contributed by atoms with E-state index < -0.39 is 13.2 Å². The minimum absolute atomic E-state index is 0.0513. The van der Waals surface area contributed by atoms with Gasteiger partial charge in [0.2, 0.25) is 0 Å². The van der Waals surface area contributed by atoms with Crippen molar-refractivity contribution in [1.29, 1.82) is 0 Å². The minimum atomic E-state index is -3.08. The Morgan fingerprint density at radius 1 is 0.931 bits per heavy atom. The van der Waals surface area contributed by atoms with E-state index >= 15 is 0 Å². The van der Waals surface area contributed by atoms with E-state index in [0.717, 1.165) is 0 Å². The normalized spacial score (nSPS) is 11.1. The highest BCUT2D eigenvalue weighted by Gasteiger charge is 2.16. The SMILES string of the molecule is OCc1ncc(Cc2ccc(OC(F)F)c(-c3cccc(OC(F)F)c3)n2)cn1. The van der Waals surface area contributed by atoms with Gasteiger partial charge in [-0.1, -0.05) is 12.1 Å². The number of aliphatic hydroxyl groups excluding tert-OH is 1. The van der Waals surface area contributed by atoms with E-state index in [9.17, 15) is 17.6 Å². The maximum Gasteiger partial charge on any atom is 0.387 e. The zero-order chi connectivity index (χ0) is 20.8. The molecule has 0 amide bonds. The summed E-state index contributed by atoms with van der Waals surface area (Å²) >= 11 is 0. The van der Waals surface area contributed by atoms with Crippen molar-refractivity contribution in [3.8, 4) is 22.8 Å². The number of aliphatic hydroxyl groups is 1. The van der Waals surface area contributed by atoms with Crippen molar-refractivity contribution in [3.63, 3.8) is 0 Å². The van der Waals surface area contributed by atoms with Crippen LogP contribution in [0, 0.1) is 0 Å². The zero-order valence-corrected chi connectivity index (χ0v) is 14.8. The van der Waals surface area contributed by atoms with E-state index in [0.29, 0.717) is 11.3 Å². The first kappa shape index (κ1) is 20.5. The number of ether oxygens (including phenoxy) is 2. The molecular formula is C19H15F4N3O3. The lowest BCUT2D eigenvalue weighted by molar-refractivity contribution is -0.0500. The molecule has 152 valence electrons. The van der Waals surface area contributed by atoms with Gasteiger partial charge in [0, 0.05) is 30.1 Å². The van der Waals surface area contributed by atoms with Gasteiger partial charge in [-0.3, -0.25) is 0 Å². The van der Waals surface area contributed by atoms with Gasteiger partial charge >= 0.3 is 13.2 Å². The Morgan fingerprint density at radius 3 is 2.31 bits per heavy atom. The van der Waals surface area contributed by atoms with Gasteiger partial charge < -0.3 is 14.6 Å². The molecule has 2 aromatic heterocycles. The van der Waals surface area contributed by atoms with Crippen molar-refractivity contribution in [1.82, 2.24) is 15.0 Å². The topological polar surface area (TPSA) is 77.4 Å². The molecule has 0 bridgehead atoms. The molecule has 0 unspecified atom stereocenters. The molecular weight excluding hydrogens is 394 g/mol. The highest BCUT2D eigenvalue weighted by molar-refractivity contribution is 5.68. The van der Waals surface area contributed by atoms with Crippen LogP contribution in [0.3, 0.4) is 0 Å². The third kappa shape index (κ3) is 5.61. The standard InChI is InChI=1S/C19H15F4N3O3/c20-18(21)28-14-3-1-2-12(7-14)17-15(29-19(22)23)5-4-13(26-17)6-11-8-24-16(10-27)25-9-11/h1-5,7-9,18-19,27H,6,10H2. The number of hydrogen-bond acceptors (Lipinski definition) is 6. The lowest BCUT2D eigenvalue weighted by atomic mass is 10.1. The second-order valence-corrected chi connectivity index (χ2v) is 5.78. The Morgan fingerprint density at radius 2 is 1.66 bits per heavy atom. The molecule has 29 heavy (non-hydrogen) atoms. The summed E-state index contributed by atoms with van der Waals surface area (Å²) in [4.78, 5) is 12.3. The summed E-state index contributed by atoms with van der Waals surface area (Å²) < 4.78 is 59.4. The molecule has 0 aliphatic heterocycles. The number of rotatable bonds is 8. The molecule has 0 aliphatic rings. The summed E-state index contributed by atoms with van der Waals surface area (Å²) in [6, 6.07) is 8.36. The Balaban J connectivity index is 1.95. The van der Waals surface area contributed by atoms with Crippen LogP contribution in [0.2, 0.25) is 0 Å². The molecule has 3 aromatic rings. The molecule has 1 aromatic carbocycles. The van der Waals surface area contributed by atoms with Crippen LogP contribution in [-0.2, 0) is 13.0 Å². The highest BCUT2D eigenvalue weighted by Crippen LogP contribution is 2.32. The number of hydrogen-bond donors (Lipinski definition) is 1. The first-order valence-electron chi connectivity index (χ1n) is 8.35. The van der Waals surface area contributed by atoms with Crippen molar-refractivity contribution >= 4 is 0 Å². The van der Waals surface area contributed by atoms with E-state index in [1.807, 2.05) is 0 Å². The van der Waals surface area contributed by atoms with Crippen molar-refractivity contribution in [2.45, 2.75) is 26.3 Å². The maximum absolute atomic E-state index is 12.8. The van der Waals surface area contributed by atoms with Crippen LogP contribution in [0.25, 0.3) is 11.3 Å². The van der Waals surface area contributed by atoms with Gasteiger partial charge in [0.25, 0.3) is 0 Å². The van der Waals surface area contributed by atoms with E-state index in [4.69, 9.17) is 5.11 Å². The van der Waals surface area contributed by atoms with Crippen molar-refractivity contribution in [2.75, 3.05) is 0 Å². The molecule has 0 spiro atoms. The summed E-state index contributed by atoms with van der Waals surface area (Å²) in [5.41, 5.74) is 1.49. The number of benzene rings is 1. The van der Waals surface area contributed by atoms with Crippen LogP contribution >= 0.6 is 0 Å². The van der Waals surface area contributed by atoms with Gasteiger partial charge in [0.05, 0.1) is 0 Å². The molecule has 10 heteroatoms. The van der Waals surface area contributed by atoms with Crippen LogP contribution in [-0.4, -0.2) is 33.3 Å². The lowest BCUT2D eigenvalue weighted by Gasteiger charge is -2.13. The fourth-order valence-electron chi connectivity index (χ4n) is 2.57. The van der Waals surface area contributed by atoms with Gasteiger partial charge in [0.1, 0.15) is 18.1 Å². The van der Waals surface area contributed by atoms with Crippen LogP contribution < -0.4 is 9.47 Å². The van der Waals surface area contributed by atoms with Gasteiger partial charge in [-0.25, -0.2) is 15.0 Å². The first-order chi connectivity index (χ1) is 13.9. The Hall–Kier alpha value is -3.27. The molecule has 1 N–H and O–H groups in total. The molecule has 0 saturated carbocycles. The maximum atomic E-state index is 12.8. The van der Waals surface area contributed by atoms with Crippen LogP contribution in [0.5, 0.6) is 11.5 Å². The molecule has 0 fully saturated rings. The highest BCUT2D eigenvalue weighted by atomic mass is 19.3. The fourth-order valence-corrected chi connectivity index (χ4v) is 2.57. The van der Waals surface area contributed by atoms with Crippen LogP contribution in [0.4, 0.5) is 17.6 Å². The van der Waals surface area contributed by atoms with Crippen LogP contribution in [0.15, 0.2) is 48.8 Å². The lowest BCUT2D eigenvalue weighted by Crippen LogP contribution is -2.06. The summed E-state index contributed by atoms with van der Waals surface area (Å²) in [6.07, 6.45) is 3.31. The third-order valence-corrected chi connectivity index (χ3v) is 3.75. The minimum Gasteiger partial charge on any atom is -0.435 e. The van der Waals surface area contributed by atoms with Gasteiger partial charge in [-0.2, -0.15) is 17.6 Å². The summed E-state index contributed by atoms with van der Waals surface area (Å²) in [7, 11) is 0. The number of halogens is 4. The number of aromatic nitrogens is 3. The molecule has 0 aliphatic carbocycles. The molecule has 3 rings (SSSR count). The Bertz CT molecular complexity index is 956. The number of alkyl halides is 4. The molecule has 0 atom stereocenters. The summed E-state index contributed by atoms with van der Waals surface area (Å²) in [6.45, 7) is -6.40. The van der Waals surface area contributed by atoms with Gasteiger partial charge in [-0.05, 0) is 29.8 Å². The monoisotopic (exact) mass is 409 g/mol. The van der Waals surface area contributed by atoms with Crippen LogP contribution in [0.1, 0.15) is 17.1 Å². The molecule has 6 nitrogen and oxygen atoms in total. The molecule has 2 heterocycles. The fraction of sp³-hybridized carbons (Fsp3) is 0.211. The van der Waals surface area contributed by atoms with E-state index in [1.165, 1.54) is 48.8 Å². The van der Waals surface area contributed by atoms with Crippen molar-refractivity contribution in [2.24, 2.45) is 0 Å². The predicted molar refractivity (Wildman–Crippen MR) is 93.7 cm³/mol. The average molecular weight is 409 g/mol. The molecule has 0 radical (unpaired) electrons. The van der Waals surface area contributed by atoms with E-state index in [-0.39, 0.29) is 41.6 Å². The van der Waals surface area contributed by atoms with Crippen molar-refractivity contribution < 1.29 is 32.1 Å². The molecule has 0 saturated heterocycles. The summed E-state index contributed by atoms with van der Waals surface area (Å²) in [5, 5.41) is 8.99. The second kappa shape index (κ2) is 9.28. The van der Waals surface area contributed by atoms with E-state index in [1.54, 1.807) is 0 Å². The number of pyridine rings is 1. The van der Waals surface area contributed by atoms with Crippen molar-refractivity contribution in [3.05, 3.63) is 65.9 Å². The quantitative estimate of drug-likeness (QED) is 0.570. The largest absolute Gasteiger partial charge is 0.435 e. The third-order valence-electron chi connectivity index (χ3n) is 3.75. The van der Waals surface area contributed by atoms with Gasteiger partial charge in [-0.15, -0.1) is 0 Å². The van der Waals surface area contributed by atoms with Gasteiger partial charge in [0.15, 0.2) is 11.6 Å². The Labute approximate surface area is 162 Å². The summed E-state index contributed by atoms with van der Waals surface area (Å²) in [5.74, 6) is -0.0792. The zero-order valence-electron chi connectivity index (χ0n) is 14.8. The first-order valence-corrected chi connectivity index (χ1v) is 8.35. The second-order valence-electron chi connectivity index (χ2n) is 5.78. The van der Waals surface area contributed by atoms with E-state index in [2.05, 4.69) is 24.4 Å².